The molecule has 3 nitrogen and oxygen atoms in total. The fourth-order valence-corrected chi connectivity index (χ4v) is 3.54. The first kappa shape index (κ1) is 22.3. The topological polar surface area (TPSA) is 36.3 Å². The van der Waals surface area contributed by atoms with Crippen LogP contribution in [0.15, 0.2) is 42.5 Å². The van der Waals surface area contributed by atoms with Crippen molar-refractivity contribution in [2.75, 3.05) is 13.1 Å². The van der Waals surface area contributed by atoms with Gasteiger partial charge in [0.1, 0.15) is 11.6 Å². The number of hydrogen-bond acceptors (Lipinski definition) is 2. The second-order valence-corrected chi connectivity index (χ2v) is 7.66. The summed E-state index contributed by atoms with van der Waals surface area (Å²) in [6.07, 6.45) is 8.77. The second-order valence-electron chi connectivity index (χ2n) is 7.66. The molecule has 0 aliphatic carbocycles. The molecule has 0 heterocycles. The Morgan fingerprint density at radius 1 is 0.857 bits per heavy atom. The zero-order valence-corrected chi connectivity index (χ0v) is 18.0. The molecule has 0 fully saturated rings. The number of fused-ring (bicyclic) bond motifs is 1. The molecule has 1 N–H and O–H groups in total. The van der Waals surface area contributed by atoms with Crippen LogP contribution in [0.2, 0.25) is 0 Å². The van der Waals surface area contributed by atoms with E-state index < -0.39 is 0 Å². The van der Waals surface area contributed by atoms with Gasteiger partial charge in [-0.3, -0.25) is 5.41 Å². The number of benzene rings is 2. The molecule has 1 unspecified atom stereocenters. The van der Waals surface area contributed by atoms with Crippen LogP contribution in [0.1, 0.15) is 72.1 Å². The third kappa shape index (κ3) is 6.54. The Labute approximate surface area is 171 Å². The van der Waals surface area contributed by atoms with Crippen LogP contribution >= 0.6 is 0 Å². The van der Waals surface area contributed by atoms with Crippen molar-refractivity contribution < 1.29 is 4.74 Å². The summed E-state index contributed by atoms with van der Waals surface area (Å²) in [5.74, 6) is 1.56. The number of unbranched alkanes of at least 4 members (excludes halogenated alkanes) is 4. The number of nitrogens with one attached hydrogen (secondary N) is 1. The van der Waals surface area contributed by atoms with Crippen molar-refractivity contribution in [1.82, 2.24) is 4.90 Å². The van der Waals surface area contributed by atoms with Gasteiger partial charge in [-0.1, -0.05) is 82.9 Å². The highest BCUT2D eigenvalue weighted by molar-refractivity contribution is 5.89. The van der Waals surface area contributed by atoms with Gasteiger partial charge in [0, 0.05) is 18.5 Å². The van der Waals surface area contributed by atoms with E-state index in [1.165, 1.54) is 18.2 Å². The Morgan fingerprint density at radius 2 is 1.50 bits per heavy atom. The van der Waals surface area contributed by atoms with E-state index in [4.69, 9.17) is 10.1 Å². The number of hydrogen-bond donors (Lipinski definition) is 1. The molecule has 0 saturated heterocycles. The van der Waals surface area contributed by atoms with Crippen molar-refractivity contribution in [3.63, 3.8) is 0 Å². The predicted octanol–water partition coefficient (Wildman–Crippen LogP) is 7.05. The molecule has 0 radical (unpaired) electrons. The third-order valence-electron chi connectivity index (χ3n) is 5.30. The molecule has 0 spiro atoms. The molecular formula is C25H38N2O. The lowest BCUT2D eigenvalue weighted by atomic mass is 10.1. The van der Waals surface area contributed by atoms with Crippen LogP contribution in [0.5, 0.6) is 5.75 Å². The molecule has 0 saturated carbocycles. The van der Waals surface area contributed by atoms with Crippen LogP contribution in [0.3, 0.4) is 0 Å². The summed E-state index contributed by atoms with van der Waals surface area (Å²) in [4.78, 5) is 2.26. The van der Waals surface area contributed by atoms with Crippen molar-refractivity contribution in [2.24, 2.45) is 0 Å². The van der Waals surface area contributed by atoms with Crippen LogP contribution in [-0.4, -0.2) is 29.9 Å². The van der Waals surface area contributed by atoms with Crippen LogP contribution in [0, 0.1) is 5.41 Å². The van der Waals surface area contributed by atoms with E-state index in [0.717, 1.165) is 62.8 Å². The lowest BCUT2D eigenvalue weighted by Crippen LogP contribution is -2.42. The van der Waals surface area contributed by atoms with Gasteiger partial charge in [0.05, 0.1) is 0 Å². The van der Waals surface area contributed by atoms with Gasteiger partial charge >= 0.3 is 0 Å². The molecule has 0 aliphatic rings. The zero-order valence-electron chi connectivity index (χ0n) is 18.0. The quantitative estimate of drug-likeness (QED) is 0.229. The first-order valence-electron chi connectivity index (χ1n) is 11.2. The Kier molecular flexibility index (Phi) is 9.88. The minimum atomic E-state index is -0.175. The maximum Gasteiger partial charge on any atom is 0.155 e. The van der Waals surface area contributed by atoms with Gasteiger partial charge in [-0.2, -0.15) is 0 Å². The molecule has 2 rings (SSSR count). The fraction of sp³-hybridized carbons (Fsp3) is 0.560. The summed E-state index contributed by atoms with van der Waals surface area (Å²) in [5, 5.41) is 11.3. The summed E-state index contributed by atoms with van der Waals surface area (Å²) in [6.45, 7) is 8.57. The molecule has 154 valence electrons. The van der Waals surface area contributed by atoms with Crippen molar-refractivity contribution in [3.05, 3.63) is 42.5 Å². The van der Waals surface area contributed by atoms with Gasteiger partial charge in [-0.05, 0) is 37.1 Å². The van der Waals surface area contributed by atoms with E-state index in [1.807, 2.05) is 6.07 Å². The number of ether oxygens (including phenoxy) is 1. The molecule has 0 aliphatic heterocycles. The highest BCUT2D eigenvalue weighted by Crippen LogP contribution is 2.27. The van der Waals surface area contributed by atoms with Crippen molar-refractivity contribution in [3.8, 4) is 5.75 Å². The van der Waals surface area contributed by atoms with Gasteiger partial charge in [0.15, 0.2) is 6.10 Å². The van der Waals surface area contributed by atoms with Gasteiger partial charge < -0.3 is 9.64 Å². The Bertz CT molecular complexity index is 699. The van der Waals surface area contributed by atoms with Gasteiger partial charge in [0.2, 0.25) is 0 Å². The van der Waals surface area contributed by atoms with Crippen molar-refractivity contribution in [2.45, 2.75) is 78.2 Å². The first-order valence-corrected chi connectivity index (χ1v) is 11.2. The van der Waals surface area contributed by atoms with Crippen LogP contribution in [-0.2, 0) is 0 Å². The lowest BCUT2D eigenvalue weighted by Gasteiger charge is -2.31. The fourth-order valence-electron chi connectivity index (χ4n) is 3.54. The van der Waals surface area contributed by atoms with E-state index in [-0.39, 0.29) is 6.10 Å². The predicted molar refractivity (Wildman–Crippen MR) is 122 cm³/mol. The molecule has 3 heteroatoms. The summed E-state index contributed by atoms with van der Waals surface area (Å²) in [5.41, 5.74) is 0. The lowest BCUT2D eigenvalue weighted by molar-refractivity contribution is 0.227. The number of amidine groups is 1. The SMILES string of the molecule is CCCCCC(Oc1cccc2ccccc12)C(=N)N(CCCC)CCCC. The molecule has 2 aromatic rings. The van der Waals surface area contributed by atoms with Gasteiger partial charge in [-0.15, -0.1) is 0 Å². The monoisotopic (exact) mass is 382 g/mol. The zero-order chi connectivity index (χ0) is 20.2. The highest BCUT2D eigenvalue weighted by Gasteiger charge is 2.22. The Balaban J connectivity index is 2.22. The summed E-state index contributed by atoms with van der Waals surface area (Å²) in [7, 11) is 0. The highest BCUT2D eigenvalue weighted by atomic mass is 16.5. The van der Waals surface area contributed by atoms with E-state index in [1.54, 1.807) is 0 Å². The van der Waals surface area contributed by atoms with Crippen molar-refractivity contribution in [1.29, 1.82) is 5.41 Å². The maximum absolute atomic E-state index is 8.95. The average molecular weight is 383 g/mol. The van der Waals surface area contributed by atoms with E-state index >= 15 is 0 Å². The molecule has 2 aromatic carbocycles. The van der Waals surface area contributed by atoms with Crippen LogP contribution in [0.25, 0.3) is 10.8 Å². The van der Waals surface area contributed by atoms with E-state index in [2.05, 4.69) is 62.1 Å². The smallest absolute Gasteiger partial charge is 0.155 e. The molecule has 1 atom stereocenters. The number of nitrogens with zero attached hydrogens (tertiary/aromatic N) is 1. The molecule has 28 heavy (non-hydrogen) atoms. The minimum absolute atomic E-state index is 0.175. The normalized spacial score (nSPS) is 12.1. The Morgan fingerprint density at radius 3 is 2.18 bits per heavy atom. The first-order chi connectivity index (χ1) is 13.7. The summed E-state index contributed by atoms with van der Waals surface area (Å²) in [6, 6.07) is 14.6. The largest absolute Gasteiger partial charge is 0.482 e. The molecule has 0 bridgehead atoms. The van der Waals surface area contributed by atoms with Gasteiger partial charge in [0.25, 0.3) is 0 Å². The summed E-state index contributed by atoms with van der Waals surface area (Å²) < 4.78 is 6.51. The average Bonchev–Trinajstić information content (AvgIpc) is 2.73. The molecule has 0 aromatic heterocycles. The van der Waals surface area contributed by atoms with E-state index in [9.17, 15) is 0 Å². The molecular weight excluding hydrogens is 344 g/mol. The maximum atomic E-state index is 8.95. The van der Waals surface area contributed by atoms with E-state index in [0.29, 0.717) is 5.84 Å². The second kappa shape index (κ2) is 12.4. The van der Waals surface area contributed by atoms with Crippen LogP contribution < -0.4 is 4.74 Å². The van der Waals surface area contributed by atoms with Crippen LogP contribution in [0.4, 0.5) is 0 Å². The third-order valence-corrected chi connectivity index (χ3v) is 5.30. The minimum Gasteiger partial charge on any atom is -0.482 e. The Hall–Kier alpha value is -2.03. The van der Waals surface area contributed by atoms with Crippen molar-refractivity contribution >= 4 is 16.6 Å². The van der Waals surface area contributed by atoms with Gasteiger partial charge in [-0.25, -0.2) is 0 Å². The standard InChI is InChI=1S/C25H38N2O/c1-4-7-10-17-24(25(26)27(19-8-5-2)20-9-6-3)28-23-18-13-15-21-14-11-12-16-22(21)23/h11-16,18,24,26H,4-10,17,19-20H2,1-3H3. The summed E-state index contributed by atoms with van der Waals surface area (Å²) >= 11 is 0. The molecule has 0 amide bonds. The number of rotatable bonds is 13.